The van der Waals surface area contributed by atoms with Crippen LogP contribution in [0.1, 0.15) is 53.3 Å². The van der Waals surface area contributed by atoms with Gasteiger partial charge in [0.15, 0.2) is 0 Å². The summed E-state index contributed by atoms with van der Waals surface area (Å²) in [5.41, 5.74) is 3.01. The molecule has 0 aliphatic carbocycles. The largest absolute Gasteiger partial charge is 0.356 e. The van der Waals surface area contributed by atoms with Crippen LogP contribution in [0.5, 0.6) is 0 Å². The van der Waals surface area contributed by atoms with Crippen LogP contribution in [0.2, 0.25) is 0 Å². The zero-order valence-electron chi connectivity index (χ0n) is 13.3. The van der Waals surface area contributed by atoms with Crippen LogP contribution in [0.25, 0.3) is 0 Å². The summed E-state index contributed by atoms with van der Waals surface area (Å²) in [7, 11) is 0. The Balaban J connectivity index is 2.28. The summed E-state index contributed by atoms with van der Waals surface area (Å²) in [5, 5.41) is 0. The second-order valence-corrected chi connectivity index (χ2v) is 7.48. The van der Waals surface area contributed by atoms with Crippen LogP contribution in [0.3, 0.4) is 0 Å². The number of nitrogens with two attached hydrogens (primary N) is 1. The van der Waals surface area contributed by atoms with Crippen molar-refractivity contribution in [1.29, 1.82) is 0 Å². The second-order valence-electron chi connectivity index (χ2n) is 7.48. The molecule has 0 bridgehead atoms. The van der Waals surface area contributed by atoms with Gasteiger partial charge in [0.2, 0.25) is 0 Å². The topological polar surface area (TPSA) is 67.1 Å². The van der Waals surface area contributed by atoms with Crippen molar-refractivity contribution in [2.24, 2.45) is 11.3 Å². The Morgan fingerprint density at radius 1 is 1.20 bits per heavy atom. The number of nitrogens with zero attached hydrogens (tertiary/aromatic N) is 3. The Hall–Kier alpha value is -1.36. The number of anilines is 2. The van der Waals surface area contributed by atoms with E-state index in [1.807, 2.05) is 6.07 Å². The zero-order valence-corrected chi connectivity index (χ0v) is 13.3. The van der Waals surface area contributed by atoms with Gasteiger partial charge in [-0.3, -0.25) is 0 Å². The average molecular weight is 277 g/mol. The molecule has 0 atom stereocenters. The Morgan fingerprint density at radius 2 is 1.80 bits per heavy atom. The van der Waals surface area contributed by atoms with Gasteiger partial charge in [-0.05, 0) is 18.3 Å². The van der Waals surface area contributed by atoms with Crippen LogP contribution < -0.4 is 16.2 Å². The minimum Gasteiger partial charge on any atom is -0.356 e. The summed E-state index contributed by atoms with van der Waals surface area (Å²) in [6.07, 6.45) is 2.38. The van der Waals surface area contributed by atoms with E-state index in [0.29, 0.717) is 11.2 Å². The van der Waals surface area contributed by atoms with Crippen LogP contribution in [0.4, 0.5) is 11.6 Å². The molecule has 5 heteroatoms. The summed E-state index contributed by atoms with van der Waals surface area (Å²) in [6, 6.07) is 1.94. The molecular formula is C15H27N5. The van der Waals surface area contributed by atoms with E-state index in [1.54, 1.807) is 0 Å². The molecule has 1 saturated heterocycles. The van der Waals surface area contributed by atoms with E-state index in [4.69, 9.17) is 10.8 Å². The van der Waals surface area contributed by atoms with Crippen LogP contribution in [0.15, 0.2) is 6.07 Å². The predicted molar refractivity (Wildman–Crippen MR) is 83.8 cm³/mol. The molecular weight excluding hydrogens is 250 g/mol. The molecule has 20 heavy (non-hydrogen) atoms. The van der Waals surface area contributed by atoms with E-state index in [-0.39, 0.29) is 5.41 Å². The highest BCUT2D eigenvalue weighted by atomic mass is 15.3. The van der Waals surface area contributed by atoms with Crippen molar-refractivity contribution in [2.45, 2.75) is 52.9 Å². The summed E-state index contributed by atoms with van der Waals surface area (Å²) in [6.45, 7) is 13.1. The molecule has 0 amide bonds. The first kappa shape index (κ1) is 15.0. The molecule has 0 spiro atoms. The van der Waals surface area contributed by atoms with Crippen molar-refractivity contribution in [3.05, 3.63) is 11.9 Å². The highest BCUT2D eigenvalue weighted by molar-refractivity contribution is 5.49. The third kappa shape index (κ3) is 3.39. The van der Waals surface area contributed by atoms with Crippen molar-refractivity contribution in [3.8, 4) is 0 Å². The fourth-order valence-electron chi connectivity index (χ4n) is 2.35. The Kier molecular flexibility index (Phi) is 3.91. The lowest BCUT2D eigenvalue weighted by Crippen LogP contribution is -2.38. The van der Waals surface area contributed by atoms with E-state index in [2.05, 4.69) is 49.9 Å². The lowest BCUT2D eigenvalue weighted by molar-refractivity contribution is 0.279. The average Bonchev–Trinajstić information content (AvgIpc) is 2.37. The number of nitrogen functional groups attached to an aromatic ring is 1. The van der Waals surface area contributed by atoms with Crippen molar-refractivity contribution in [2.75, 3.05) is 23.4 Å². The monoisotopic (exact) mass is 277 g/mol. The molecule has 0 unspecified atom stereocenters. The molecule has 1 fully saturated rings. The van der Waals surface area contributed by atoms with Gasteiger partial charge in [0.05, 0.1) is 0 Å². The van der Waals surface area contributed by atoms with Crippen molar-refractivity contribution >= 4 is 11.6 Å². The predicted octanol–water partition coefficient (Wildman–Crippen LogP) is 2.69. The van der Waals surface area contributed by atoms with Crippen LogP contribution in [-0.4, -0.2) is 23.1 Å². The number of piperidine rings is 1. The first-order valence-corrected chi connectivity index (χ1v) is 7.32. The molecule has 5 nitrogen and oxygen atoms in total. The highest BCUT2D eigenvalue weighted by Gasteiger charge is 2.27. The molecule has 2 rings (SSSR count). The smallest absolute Gasteiger partial charge is 0.145 e. The third-order valence-corrected chi connectivity index (χ3v) is 3.97. The van der Waals surface area contributed by atoms with Gasteiger partial charge >= 0.3 is 0 Å². The van der Waals surface area contributed by atoms with Gasteiger partial charge in [-0.25, -0.2) is 15.8 Å². The third-order valence-electron chi connectivity index (χ3n) is 3.97. The minimum atomic E-state index is -0.0866. The van der Waals surface area contributed by atoms with Gasteiger partial charge in [0.25, 0.3) is 0 Å². The molecule has 112 valence electrons. The molecule has 2 heterocycles. The molecule has 0 radical (unpaired) electrons. The quantitative estimate of drug-likeness (QED) is 0.642. The number of aromatic nitrogens is 2. The number of rotatable bonds is 2. The maximum atomic E-state index is 5.54. The fraction of sp³-hybridized carbons (Fsp3) is 0.733. The number of hydrogen-bond acceptors (Lipinski definition) is 5. The van der Waals surface area contributed by atoms with Crippen LogP contribution >= 0.6 is 0 Å². The summed E-state index contributed by atoms with van der Waals surface area (Å²) in [4.78, 5) is 11.6. The maximum absolute atomic E-state index is 5.54. The minimum absolute atomic E-state index is 0.0866. The lowest BCUT2D eigenvalue weighted by Gasteiger charge is -2.38. The molecule has 3 N–H and O–H groups in total. The SMILES string of the molecule is CC1(C)CCN(c2cc(NN)nc(C(C)(C)C)n2)CC1. The van der Waals surface area contributed by atoms with Crippen LogP contribution in [-0.2, 0) is 5.41 Å². The standard InChI is InChI=1S/C15H27N5/c1-14(2,3)13-17-11(19-16)10-12(18-13)20-8-6-15(4,5)7-9-20/h10H,6-9,16H2,1-5H3,(H,17,18,19). The Bertz CT molecular complexity index is 466. The van der Waals surface area contributed by atoms with Gasteiger partial charge < -0.3 is 10.3 Å². The summed E-state index contributed by atoms with van der Waals surface area (Å²) < 4.78 is 0. The second kappa shape index (κ2) is 5.20. The number of nitrogens with one attached hydrogen (secondary N) is 1. The lowest BCUT2D eigenvalue weighted by atomic mass is 9.83. The van der Waals surface area contributed by atoms with Crippen LogP contribution in [0, 0.1) is 5.41 Å². The molecule has 0 aromatic carbocycles. The first-order valence-electron chi connectivity index (χ1n) is 7.32. The van der Waals surface area contributed by atoms with E-state index in [9.17, 15) is 0 Å². The Morgan fingerprint density at radius 3 is 2.30 bits per heavy atom. The summed E-state index contributed by atoms with van der Waals surface area (Å²) >= 11 is 0. The van der Waals surface area contributed by atoms with Crippen molar-refractivity contribution < 1.29 is 0 Å². The number of hydrazine groups is 1. The Labute approximate surface area is 121 Å². The summed E-state index contributed by atoms with van der Waals surface area (Å²) in [5.74, 6) is 8.04. The zero-order chi connectivity index (χ0) is 15.0. The van der Waals surface area contributed by atoms with Gasteiger partial charge in [0, 0.05) is 24.6 Å². The van der Waals surface area contributed by atoms with Gasteiger partial charge in [-0.15, -0.1) is 0 Å². The molecule has 0 saturated carbocycles. The first-order chi connectivity index (χ1) is 9.21. The van der Waals surface area contributed by atoms with Crippen molar-refractivity contribution in [3.63, 3.8) is 0 Å². The molecule has 1 aliphatic rings. The number of hydrogen-bond donors (Lipinski definition) is 2. The maximum Gasteiger partial charge on any atom is 0.145 e. The van der Waals surface area contributed by atoms with E-state index in [0.717, 1.165) is 24.7 Å². The molecule has 1 aromatic rings. The molecule has 1 aliphatic heterocycles. The van der Waals surface area contributed by atoms with Gasteiger partial charge in [-0.2, -0.15) is 0 Å². The van der Waals surface area contributed by atoms with E-state index in [1.165, 1.54) is 12.8 Å². The molecule has 1 aromatic heterocycles. The van der Waals surface area contributed by atoms with Gasteiger partial charge in [0.1, 0.15) is 17.5 Å². The highest BCUT2D eigenvalue weighted by Crippen LogP contribution is 2.32. The van der Waals surface area contributed by atoms with Gasteiger partial charge in [-0.1, -0.05) is 34.6 Å². The van der Waals surface area contributed by atoms with E-state index < -0.39 is 0 Å². The van der Waals surface area contributed by atoms with E-state index >= 15 is 0 Å². The normalized spacial score (nSPS) is 19.0. The van der Waals surface area contributed by atoms with Crippen molar-refractivity contribution in [1.82, 2.24) is 9.97 Å². The fourth-order valence-corrected chi connectivity index (χ4v) is 2.35.